The molecule has 0 spiro atoms. The summed E-state index contributed by atoms with van der Waals surface area (Å²) in [5.74, 6) is 0.190. The Morgan fingerprint density at radius 3 is 2.32 bits per heavy atom. The third-order valence-corrected chi connectivity index (χ3v) is 7.82. The first-order valence-corrected chi connectivity index (χ1v) is 12.4. The molecular formula is C25H27N3O5S. The van der Waals surface area contributed by atoms with Crippen molar-refractivity contribution in [2.24, 2.45) is 0 Å². The monoisotopic (exact) mass is 481 g/mol. The van der Waals surface area contributed by atoms with Crippen molar-refractivity contribution in [3.63, 3.8) is 0 Å². The van der Waals surface area contributed by atoms with Crippen molar-refractivity contribution >= 4 is 15.9 Å². The van der Waals surface area contributed by atoms with E-state index >= 15 is 0 Å². The van der Waals surface area contributed by atoms with E-state index in [-0.39, 0.29) is 48.1 Å². The number of rotatable bonds is 6. The summed E-state index contributed by atoms with van der Waals surface area (Å²) in [7, 11) is -2.16. The summed E-state index contributed by atoms with van der Waals surface area (Å²) >= 11 is 0. The van der Waals surface area contributed by atoms with Crippen LogP contribution in [0.2, 0.25) is 0 Å². The lowest BCUT2D eigenvalue weighted by Gasteiger charge is -2.34. The van der Waals surface area contributed by atoms with E-state index in [0.717, 1.165) is 11.1 Å². The fourth-order valence-electron chi connectivity index (χ4n) is 4.03. The van der Waals surface area contributed by atoms with Gasteiger partial charge in [-0.1, -0.05) is 29.8 Å². The van der Waals surface area contributed by atoms with Crippen LogP contribution < -0.4 is 10.3 Å². The molecule has 9 heteroatoms. The number of ether oxygens (including phenoxy) is 1. The zero-order valence-electron chi connectivity index (χ0n) is 19.2. The topological polar surface area (TPSA) is 88.9 Å². The van der Waals surface area contributed by atoms with Crippen LogP contribution in [0.1, 0.15) is 21.5 Å². The minimum atomic E-state index is -3.68. The van der Waals surface area contributed by atoms with Crippen LogP contribution in [0, 0.1) is 6.92 Å². The van der Waals surface area contributed by atoms with E-state index in [9.17, 15) is 18.0 Å². The molecule has 1 aromatic heterocycles. The molecule has 3 aromatic rings. The molecule has 1 fully saturated rings. The highest BCUT2D eigenvalue weighted by Crippen LogP contribution is 2.21. The van der Waals surface area contributed by atoms with E-state index in [1.165, 1.54) is 39.1 Å². The average molecular weight is 482 g/mol. The highest BCUT2D eigenvalue weighted by Gasteiger charge is 2.31. The minimum Gasteiger partial charge on any atom is -0.497 e. The zero-order valence-corrected chi connectivity index (χ0v) is 20.0. The number of amides is 1. The van der Waals surface area contributed by atoms with Gasteiger partial charge in [-0.25, -0.2) is 8.42 Å². The largest absolute Gasteiger partial charge is 0.497 e. The van der Waals surface area contributed by atoms with Crippen LogP contribution in [0.25, 0.3) is 0 Å². The van der Waals surface area contributed by atoms with E-state index in [1.54, 1.807) is 24.4 Å². The number of nitrogens with zero attached hydrogens (tertiary/aromatic N) is 3. The summed E-state index contributed by atoms with van der Waals surface area (Å²) < 4.78 is 33.9. The second-order valence-electron chi connectivity index (χ2n) is 8.22. The van der Waals surface area contributed by atoms with Gasteiger partial charge < -0.3 is 14.2 Å². The van der Waals surface area contributed by atoms with Gasteiger partial charge in [-0.05, 0) is 48.9 Å². The first kappa shape index (κ1) is 23.7. The van der Waals surface area contributed by atoms with Crippen molar-refractivity contribution in [2.75, 3.05) is 33.3 Å². The summed E-state index contributed by atoms with van der Waals surface area (Å²) in [4.78, 5) is 27.8. The maximum atomic E-state index is 13.1. The van der Waals surface area contributed by atoms with Crippen LogP contribution >= 0.6 is 0 Å². The van der Waals surface area contributed by atoms with Gasteiger partial charge in [0.05, 0.1) is 18.6 Å². The number of piperazine rings is 1. The van der Waals surface area contributed by atoms with Crippen LogP contribution in [0.5, 0.6) is 5.75 Å². The van der Waals surface area contributed by atoms with Crippen molar-refractivity contribution in [1.82, 2.24) is 13.8 Å². The van der Waals surface area contributed by atoms with Crippen LogP contribution in [0.15, 0.2) is 76.6 Å². The number of benzene rings is 2. The van der Waals surface area contributed by atoms with Gasteiger partial charge >= 0.3 is 0 Å². The molecule has 0 N–H and O–H groups in total. The number of aromatic nitrogens is 1. The Bertz CT molecular complexity index is 1340. The SMILES string of the molecule is COc1ccc(S(=O)(=O)N2CCN(C(=O)c3cccn(Cc4cccc(C)c4)c3=O)CC2)cc1. The molecule has 2 aromatic carbocycles. The van der Waals surface area contributed by atoms with Crippen molar-refractivity contribution < 1.29 is 17.9 Å². The fraction of sp³-hybridized carbons (Fsp3) is 0.280. The molecule has 0 saturated carbocycles. The third-order valence-electron chi connectivity index (χ3n) is 5.91. The van der Waals surface area contributed by atoms with E-state index < -0.39 is 10.0 Å². The molecule has 1 saturated heterocycles. The van der Waals surface area contributed by atoms with Gasteiger partial charge in [-0.2, -0.15) is 4.31 Å². The Kier molecular flexibility index (Phi) is 6.85. The first-order valence-electron chi connectivity index (χ1n) is 11.0. The summed E-state index contributed by atoms with van der Waals surface area (Å²) in [5.41, 5.74) is 1.80. The fourth-order valence-corrected chi connectivity index (χ4v) is 5.45. The molecule has 0 aliphatic carbocycles. The van der Waals surface area contributed by atoms with Crippen molar-refractivity contribution in [2.45, 2.75) is 18.4 Å². The number of pyridine rings is 1. The van der Waals surface area contributed by atoms with E-state index in [4.69, 9.17) is 4.74 Å². The predicted octanol–water partition coefficient (Wildman–Crippen LogP) is 2.36. The standard InChI is InChI=1S/C25H27N3O5S/c1-19-5-3-6-20(17-19)18-27-12-4-7-23(25(27)30)24(29)26-13-15-28(16-14-26)34(31,32)22-10-8-21(33-2)9-11-22/h3-12,17H,13-16,18H2,1-2H3. The van der Waals surface area contributed by atoms with Gasteiger partial charge in [0.1, 0.15) is 11.3 Å². The van der Waals surface area contributed by atoms with E-state index in [0.29, 0.717) is 12.3 Å². The molecule has 34 heavy (non-hydrogen) atoms. The number of hydrogen-bond acceptors (Lipinski definition) is 5. The zero-order chi connectivity index (χ0) is 24.3. The Labute approximate surface area is 199 Å². The molecule has 0 radical (unpaired) electrons. The second-order valence-corrected chi connectivity index (χ2v) is 10.2. The highest BCUT2D eigenvalue weighted by atomic mass is 32.2. The Hall–Kier alpha value is -3.43. The van der Waals surface area contributed by atoms with E-state index in [2.05, 4.69) is 0 Å². The van der Waals surface area contributed by atoms with Crippen LogP contribution in [-0.2, 0) is 16.6 Å². The summed E-state index contributed by atoms with van der Waals surface area (Å²) in [6.45, 7) is 3.09. The summed E-state index contributed by atoms with van der Waals surface area (Å²) in [5, 5.41) is 0. The van der Waals surface area contributed by atoms with Gasteiger partial charge in [-0.15, -0.1) is 0 Å². The van der Waals surface area contributed by atoms with Gasteiger partial charge in [-0.3, -0.25) is 9.59 Å². The molecule has 178 valence electrons. The lowest BCUT2D eigenvalue weighted by Crippen LogP contribution is -2.51. The number of carbonyl (C=O) groups is 1. The maximum absolute atomic E-state index is 13.1. The molecule has 1 aliphatic rings. The maximum Gasteiger partial charge on any atom is 0.263 e. The number of methoxy groups -OCH3 is 1. The van der Waals surface area contributed by atoms with Gasteiger partial charge in [0.15, 0.2) is 0 Å². The molecule has 0 unspecified atom stereocenters. The number of hydrogen-bond donors (Lipinski definition) is 0. The van der Waals surface area contributed by atoms with E-state index in [1.807, 2.05) is 31.2 Å². The second kappa shape index (κ2) is 9.82. The Balaban J connectivity index is 1.45. The van der Waals surface area contributed by atoms with Crippen molar-refractivity contribution in [3.8, 4) is 5.75 Å². The molecule has 0 atom stereocenters. The molecule has 4 rings (SSSR count). The first-order chi connectivity index (χ1) is 16.3. The summed E-state index contributed by atoms with van der Waals surface area (Å²) in [6, 6.07) is 17.3. The number of carbonyl (C=O) groups excluding carboxylic acids is 1. The predicted molar refractivity (Wildman–Crippen MR) is 129 cm³/mol. The average Bonchev–Trinajstić information content (AvgIpc) is 2.85. The van der Waals surface area contributed by atoms with Crippen LogP contribution in [-0.4, -0.2) is 61.4 Å². The number of aryl methyl sites for hydroxylation is 1. The lowest BCUT2D eigenvalue weighted by molar-refractivity contribution is 0.0695. The highest BCUT2D eigenvalue weighted by molar-refractivity contribution is 7.89. The minimum absolute atomic E-state index is 0.0848. The quantitative estimate of drug-likeness (QED) is 0.539. The molecule has 0 bridgehead atoms. The Morgan fingerprint density at radius 1 is 0.971 bits per heavy atom. The normalized spacial score (nSPS) is 14.7. The van der Waals surface area contributed by atoms with Crippen LogP contribution in [0.3, 0.4) is 0 Å². The Morgan fingerprint density at radius 2 is 1.68 bits per heavy atom. The smallest absolute Gasteiger partial charge is 0.263 e. The number of sulfonamides is 1. The van der Waals surface area contributed by atoms with Gasteiger partial charge in [0, 0.05) is 32.4 Å². The molecule has 2 heterocycles. The van der Waals surface area contributed by atoms with Gasteiger partial charge in [0.25, 0.3) is 11.5 Å². The molecule has 1 aliphatic heterocycles. The van der Waals surface area contributed by atoms with Crippen molar-refractivity contribution in [1.29, 1.82) is 0 Å². The molecule has 1 amide bonds. The molecule has 8 nitrogen and oxygen atoms in total. The molecular weight excluding hydrogens is 454 g/mol. The van der Waals surface area contributed by atoms with Crippen LogP contribution in [0.4, 0.5) is 0 Å². The van der Waals surface area contributed by atoms with Gasteiger partial charge in [0.2, 0.25) is 10.0 Å². The lowest BCUT2D eigenvalue weighted by atomic mass is 10.1. The summed E-state index contributed by atoms with van der Waals surface area (Å²) in [6.07, 6.45) is 1.67. The third kappa shape index (κ3) is 4.90. The van der Waals surface area contributed by atoms with Crippen molar-refractivity contribution in [3.05, 3.63) is 93.9 Å².